The second-order valence-electron chi connectivity index (χ2n) is 3.51. The Hall–Kier alpha value is -2.00. The highest BCUT2D eigenvalue weighted by Gasteiger charge is 2.26. The van der Waals surface area contributed by atoms with Crippen molar-refractivity contribution in [1.82, 2.24) is 9.97 Å². The van der Waals surface area contributed by atoms with Crippen LogP contribution in [0, 0.1) is 10.1 Å². The van der Waals surface area contributed by atoms with Crippen molar-refractivity contribution in [1.29, 1.82) is 0 Å². The van der Waals surface area contributed by atoms with E-state index in [0.29, 0.717) is 6.54 Å². The monoisotopic (exact) mass is 256 g/mol. The lowest BCUT2D eigenvalue weighted by molar-refractivity contribution is -0.383. The largest absolute Gasteiger partial charge is 0.395 e. The van der Waals surface area contributed by atoms with Crippen LogP contribution < -0.4 is 16.2 Å². The number of hydrogen-bond acceptors (Lipinski definition) is 8. The maximum absolute atomic E-state index is 11.1. The first-order chi connectivity index (χ1) is 8.65. The molecule has 0 aromatic carbocycles. The molecule has 0 aliphatic carbocycles. The Morgan fingerprint density at radius 1 is 1.56 bits per heavy atom. The quantitative estimate of drug-likeness (QED) is 0.349. The van der Waals surface area contributed by atoms with Crippen LogP contribution in [-0.4, -0.2) is 39.7 Å². The van der Waals surface area contributed by atoms with Crippen molar-refractivity contribution < 1.29 is 10.0 Å². The third-order valence-corrected chi connectivity index (χ3v) is 2.29. The standard InChI is InChI=1S/C9H16N6O3/c1-2-3-14(4-5-16)9-7(15(17)18)8(13-10)11-6-12-9/h6,16H,2-5,10H2,1H3,(H,11,12,13). The van der Waals surface area contributed by atoms with Crippen molar-refractivity contribution in [3.8, 4) is 0 Å². The van der Waals surface area contributed by atoms with E-state index in [1.165, 1.54) is 6.33 Å². The molecule has 100 valence electrons. The summed E-state index contributed by atoms with van der Waals surface area (Å²) in [7, 11) is 0. The Morgan fingerprint density at radius 3 is 2.78 bits per heavy atom. The number of nitrogen functional groups attached to an aromatic ring is 1. The lowest BCUT2D eigenvalue weighted by Crippen LogP contribution is -2.29. The van der Waals surface area contributed by atoms with Crippen LogP contribution >= 0.6 is 0 Å². The average Bonchev–Trinajstić information content (AvgIpc) is 2.37. The van der Waals surface area contributed by atoms with Crippen LogP contribution in [0.2, 0.25) is 0 Å². The third-order valence-electron chi connectivity index (χ3n) is 2.29. The van der Waals surface area contributed by atoms with Crippen LogP contribution in [-0.2, 0) is 0 Å². The number of nitrogens with one attached hydrogen (secondary N) is 1. The molecule has 0 aliphatic heterocycles. The molecule has 0 aliphatic rings. The minimum Gasteiger partial charge on any atom is -0.395 e. The molecule has 1 aromatic rings. The summed E-state index contributed by atoms with van der Waals surface area (Å²) in [5.41, 5.74) is 1.88. The number of aromatic nitrogens is 2. The molecule has 1 rings (SSSR count). The Balaban J connectivity index is 3.23. The summed E-state index contributed by atoms with van der Waals surface area (Å²) in [5.74, 6) is 5.29. The van der Waals surface area contributed by atoms with Gasteiger partial charge < -0.3 is 15.4 Å². The molecule has 0 saturated carbocycles. The fourth-order valence-electron chi connectivity index (χ4n) is 1.59. The molecule has 0 atom stereocenters. The molecule has 0 saturated heterocycles. The number of nitrogens with zero attached hydrogens (tertiary/aromatic N) is 4. The highest BCUT2D eigenvalue weighted by Crippen LogP contribution is 2.30. The molecular formula is C9H16N6O3. The number of anilines is 2. The molecule has 9 heteroatoms. The van der Waals surface area contributed by atoms with E-state index >= 15 is 0 Å². The molecule has 0 amide bonds. The predicted octanol–water partition coefficient (Wildman–Crippen LogP) is -0.121. The molecule has 9 nitrogen and oxygen atoms in total. The van der Waals surface area contributed by atoms with Crippen molar-refractivity contribution in [2.75, 3.05) is 30.0 Å². The SMILES string of the molecule is CCCN(CCO)c1ncnc(NN)c1[N+](=O)[O-]. The summed E-state index contributed by atoms with van der Waals surface area (Å²) in [6.45, 7) is 2.62. The number of nitro groups is 1. The molecular weight excluding hydrogens is 240 g/mol. The summed E-state index contributed by atoms with van der Waals surface area (Å²) >= 11 is 0. The van der Waals surface area contributed by atoms with Gasteiger partial charge in [-0.2, -0.15) is 0 Å². The van der Waals surface area contributed by atoms with Gasteiger partial charge in [0, 0.05) is 13.1 Å². The fraction of sp³-hybridized carbons (Fsp3) is 0.556. The van der Waals surface area contributed by atoms with Crippen molar-refractivity contribution in [3.05, 3.63) is 16.4 Å². The molecule has 0 spiro atoms. The zero-order valence-corrected chi connectivity index (χ0v) is 10.0. The number of hydrazine groups is 1. The van der Waals surface area contributed by atoms with Gasteiger partial charge in [-0.3, -0.25) is 10.1 Å². The normalized spacial score (nSPS) is 10.2. The second kappa shape index (κ2) is 6.67. The predicted molar refractivity (Wildman–Crippen MR) is 66.1 cm³/mol. The van der Waals surface area contributed by atoms with Crippen LogP contribution in [0.4, 0.5) is 17.3 Å². The van der Waals surface area contributed by atoms with Gasteiger partial charge in [0.15, 0.2) is 0 Å². The van der Waals surface area contributed by atoms with Crippen molar-refractivity contribution >= 4 is 17.3 Å². The highest BCUT2D eigenvalue weighted by atomic mass is 16.6. The summed E-state index contributed by atoms with van der Waals surface area (Å²) in [5, 5.41) is 20.0. The van der Waals surface area contributed by atoms with Crippen molar-refractivity contribution in [2.24, 2.45) is 5.84 Å². The average molecular weight is 256 g/mol. The van der Waals surface area contributed by atoms with Gasteiger partial charge in [0.1, 0.15) is 6.33 Å². The Kier molecular flexibility index (Phi) is 5.21. The van der Waals surface area contributed by atoms with Crippen LogP contribution in [0.3, 0.4) is 0 Å². The van der Waals surface area contributed by atoms with Gasteiger partial charge in [0.25, 0.3) is 0 Å². The molecule has 18 heavy (non-hydrogen) atoms. The van der Waals surface area contributed by atoms with Gasteiger partial charge in [-0.05, 0) is 6.42 Å². The summed E-state index contributed by atoms with van der Waals surface area (Å²) in [6, 6.07) is 0. The van der Waals surface area contributed by atoms with Crippen LogP contribution in [0.25, 0.3) is 0 Å². The molecule has 0 bridgehead atoms. The summed E-state index contributed by atoms with van der Waals surface area (Å²) in [6.07, 6.45) is 1.96. The van der Waals surface area contributed by atoms with E-state index in [4.69, 9.17) is 10.9 Å². The molecule has 1 heterocycles. The van der Waals surface area contributed by atoms with Gasteiger partial charge in [-0.15, -0.1) is 0 Å². The van der Waals surface area contributed by atoms with Crippen molar-refractivity contribution in [3.63, 3.8) is 0 Å². The number of aliphatic hydroxyl groups excluding tert-OH is 1. The smallest absolute Gasteiger partial charge is 0.354 e. The lowest BCUT2D eigenvalue weighted by Gasteiger charge is -2.21. The van der Waals surface area contributed by atoms with Crippen LogP contribution in [0.5, 0.6) is 0 Å². The lowest BCUT2D eigenvalue weighted by atomic mass is 10.3. The topological polar surface area (TPSA) is 130 Å². The van der Waals surface area contributed by atoms with E-state index in [1.807, 2.05) is 6.92 Å². The summed E-state index contributed by atoms with van der Waals surface area (Å²) < 4.78 is 0. The van der Waals surface area contributed by atoms with Gasteiger partial charge in [0.05, 0.1) is 11.5 Å². The van der Waals surface area contributed by atoms with Crippen molar-refractivity contribution in [2.45, 2.75) is 13.3 Å². The van der Waals surface area contributed by atoms with E-state index in [9.17, 15) is 10.1 Å². The number of rotatable bonds is 7. The third kappa shape index (κ3) is 3.02. The van der Waals surface area contributed by atoms with E-state index in [1.54, 1.807) is 4.90 Å². The second-order valence-corrected chi connectivity index (χ2v) is 3.51. The first-order valence-electron chi connectivity index (χ1n) is 5.47. The minimum absolute atomic E-state index is 0.0518. The first kappa shape index (κ1) is 14.1. The molecule has 0 unspecified atom stereocenters. The Morgan fingerprint density at radius 2 is 2.28 bits per heavy atom. The summed E-state index contributed by atoms with van der Waals surface area (Å²) in [4.78, 5) is 19.7. The first-order valence-corrected chi connectivity index (χ1v) is 5.47. The van der Waals surface area contributed by atoms with E-state index in [-0.39, 0.29) is 30.5 Å². The highest BCUT2D eigenvalue weighted by molar-refractivity contribution is 5.69. The number of hydrogen-bond donors (Lipinski definition) is 3. The maximum atomic E-state index is 11.1. The number of nitrogens with two attached hydrogens (primary N) is 1. The van der Waals surface area contributed by atoms with Gasteiger partial charge in [-0.1, -0.05) is 6.92 Å². The Labute approximate surface area is 104 Å². The zero-order chi connectivity index (χ0) is 13.5. The maximum Gasteiger partial charge on any atom is 0.354 e. The van der Waals surface area contributed by atoms with Gasteiger partial charge in [-0.25, -0.2) is 15.8 Å². The minimum atomic E-state index is -0.593. The van der Waals surface area contributed by atoms with E-state index in [2.05, 4.69) is 15.4 Å². The molecule has 4 N–H and O–H groups in total. The van der Waals surface area contributed by atoms with Crippen LogP contribution in [0.1, 0.15) is 13.3 Å². The van der Waals surface area contributed by atoms with E-state index in [0.717, 1.165) is 6.42 Å². The van der Waals surface area contributed by atoms with E-state index < -0.39 is 4.92 Å². The van der Waals surface area contributed by atoms with Gasteiger partial charge >= 0.3 is 5.69 Å². The number of aliphatic hydroxyl groups is 1. The molecule has 0 radical (unpaired) electrons. The molecule has 0 fully saturated rings. The Bertz CT molecular complexity index is 407. The zero-order valence-electron chi connectivity index (χ0n) is 10.0. The van der Waals surface area contributed by atoms with Crippen LogP contribution in [0.15, 0.2) is 6.33 Å². The van der Waals surface area contributed by atoms with Gasteiger partial charge in [0.2, 0.25) is 11.6 Å². The fourth-order valence-corrected chi connectivity index (χ4v) is 1.59. The molecule has 1 aromatic heterocycles.